The quantitative estimate of drug-likeness (QED) is 0.577. The molecule has 0 aromatic heterocycles. The van der Waals surface area contributed by atoms with Crippen molar-refractivity contribution in [3.8, 4) is 0 Å². The third-order valence-corrected chi connectivity index (χ3v) is 1.14. The largest absolute Gasteiger partial charge is 0.381 e. The summed E-state index contributed by atoms with van der Waals surface area (Å²) < 4.78 is 9.54. The molecule has 1 atom stereocenters. The van der Waals surface area contributed by atoms with Gasteiger partial charge < -0.3 is 14.8 Å². The number of carbonyl (C=O) groups is 1. The molecule has 60 valence electrons. The Hall–Kier alpha value is -0.610. The maximum Gasteiger partial charge on any atom is 0.251 e. The van der Waals surface area contributed by atoms with Crippen molar-refractivity contribution in [2.45, 2.75) is 6.10 Å². The van der Waals surface area contributed by atoms with Crippen LogP contribution in [-0.2, 0) is 14.3 Å². The molecule has 0 saturated carbocycles. The Morgan fingerprint density at radius 3 is 2.50 bits per heavy atom. The number of likely N-dealkylation sites (N-methyl/N-ethyl adjacent to an activating group) is 1. The standard InChI is InChI=1S/C6H13NO3/c1-7-6(8)5(10-3)4-9-2/h5H,4H2,1-3H3,(H,7,8). The normalized spacial score (nSPS) is 12.7. The van der Waals surface area contributed by atoms with Gasteiger partial charge in [0.05, 0.1) is 6.61 Å². The van der Waals surface area contributed by atoms with E-state index in [2.05, 4.69) is 5.32 Å². The fourth-order valence-corrected chi connectivity index (χ4v) is 0.563. The van der Waals surface area contributed by atoms with Crippen molar-refractivity contribution in [3.05, 3.63) is 0 Å². The summed E-state index contributed by atoms with van der Waals surface area (Å²) in [5.74, 6) is -0.163. The van der Waals surface area contributed by atoms with E-state index in [1.54, 1.807) is 7.05 Å². The van der Waals surface area contributed by atoms with Crippen molar-refractivity contribution in [1.29, 1.82) is 0 Å². The Morgan fingerprint density at radius 1 is 1.60 bits per heavy atom. The Labute approximate surface area is 60.5 Å². The Kier molecular flexibility index (Phi) is 4.88. The topological polar surface area (TPSA) is 47.6 Å². The van der Waals surface area contributed by atoms with E-state index in [9.17, 15) is 4.79 Å². The van der Waals surface area contributed by atoms with Crippen molar-refractivity contribution in [3.63, 3.8) is 0 Å². The summed E-state index contributed by atoms with van der Waals surface area (Å²) in [7, 11) is 4.55. The summed E-state index contributed by atoms with van der Waals surface area (Å²) in [5.41, 5.74) is 0. The van der Waals surface area contributed by atoms with Gasteiger partial charge in [0.15, 0.2) is 6.10 Å². The molecular formula is C6H13NO3. The first-order chi connectivity index (χ1) is 4.76. The van der Waals surface area contributed by atoms with Crippen molar-refractivity contribution in [2.24, 2.45) is 0 Å². The van der Waals surface area contributed by atoms with Crippen LogP contribution in [0.4, 0.5) is 0 Å². The van der Waals surface area contributed by atoms with Crippen molar-refractivity contribution >= 4 is 5.91 Å². The molecule has 0 spiro atoms. The van der Waals surface area contributed by atoms with E-state index in [0.29, 0.717) is 0 Å². The second kappa shape index (κ2) is 5.20. The first-order valence-electron chi connectivity index (χ1n) is 2.99. The van der Waals surface area contributed by atoms with Crippen LogP contribution in [0.3, 0.4) is 0 Å². The number of amides is 1. The third-order valence-electron chi connectivity index (χ3n) is 1.14. The molecule has 0 saturated heterocycles. The first kappa shape index (κ1) is 9.39. The van der Waals surface area contributed by atoms with Gasteiger partial charge in [-0.2, -0.15) is 0 Å². The number of nitrogens with one attached hydrogen (secondary N) is 1. The molecule has 0 aromatic carbocycles. The SMILES string of the molecule is CNC(=O)C(COC)OC. The lowest BCUT2D eigenvalue weighted by Crippen LogP contribution is -2.36. The average molecular weight is 147 g/mol. The Balaban J connectivity index is 3.68. The molecule has 1 N–H and O–H groups in total. The highest BCUT2D eigenvalue weighted by Crippen LogP contribution is 1.89. The van der Waals surface area contributed by atoms with Gasteiger partial charge in [-0.15, -0.1) is 0 Å². The monoisotopic (exact) mass is 147 g/mol. The fourth-order valence-electron chi connectivity index (χ4n) is 0.563. The van der Waals surface area contributed by atoms with Crippen molar-refractivity contribution < 1.29 is 14.3 Å². The van der Waals surface area contributed by atoms with Crippen LogP contribution in [0.5, 0.6) is 0 Å². The average Bonchev–Trinajstić information content (AvgIpc) is 1.99. The number of methoxy groups -OCH3 is 2. The summed E-state index contributed by atoms with van der Waals surface area (Å²) in [6.07, 6.45) is -0.491. The second-order valence-corrected chi connectivity index (χ2v) is 1.79. The molecule has 0 heterocycles. The van der Waals surface area contributed by atoms with E-state index in [4.69, 9.17) is 9.47 Å². The zero-order valence-electron chi connectivity index (χ0n) is 6.51. The zero-order chi connectivity index (χ0) is 7.98. The highest BCUT2D eigenvalue weighted by molar-refractivity contribution is 5.80. The predicted octanol–water partition coefficient (Wildman–Crippen LogP) is -0.606. The number of hydrogen-bond acceptors (Lipinski definition) is 3. The zero-order valence-corrected chi connectivity index (χ0v) is 6.51. The van der Waals surface area contributed by atoms with E-state index in [0.717, 1.165) is 0 Å². The summed E-state index contributed by atoms with van der Waals surface area (Å²) in [6.45, 7) is 0.288. The van der Waals surface area contributed by atoms with Crippen LogP contribution in [0, 0.1) is 0 Å². The molecule has 0 aliphatic heterocycles. The van der Waals surface area contributed by atoms with E-state index in [1.165, 1.54) is 14.2 Å². The molecule has 0 bridgehead atoms. The lowest BCUT2D eigenvalue weighted by Gasteiger charge is -2.11. The van der Waals surface area contributed by atoms with Gasteiger partial charge in [0.25, 0.3) is 5.91 Å². The smallest absolute Gasteiger partial charge is 0.251 e. The number of carbonyl (C=O) groups excluding carboxylic acids is 1. The van der Waals surface area contributed by atoms with Gasteiger partial charge in [0, 0.05) is 21.3 Å². The van der Waals surface area contributed by atoms with E-state index >= 15 is 0 Å². The first-order valence-corrected chi connectivity index (χ1v) is 2.99. The fraction of sp³-hybridized carbons (Fsp3) is 0.833. The lowest BCUT2D eigenvalue weighted by atomic mass is 10.3. The lowest BCUT2D eigenvalue weighted by molar-refractivity contribution is -0.133. The van der Waals surface area contributed by atoms with Crippen LogP contribution < -0.4 is 5.32 Å². The molecule has 0 radical (unpaired) electrons. The minimum atomic E-state index is -0.491. The molecule has 4 heteroatoms. The van der Waals surface area contributed by atoms with Gasteiger partial charge in [-0.05, 0) is 0 Å². The molecule has 0 fully saturated rings. The Morgan fingerprint density at radius 2 is 2.20 bits per heavy atom. The molecule has 0 aromatic rings. The van der Waals surface area contributed by atoms with Crippen LogP contribution in [0.15, 0.2) is 0 Å². The minimum Gasteiger partial charge on any atom is -0.381 e. The van der Waals surface area contributed by atoms with Crippen LogP contribution >= 0.6 is 0 Å². The highest BCUT2D eigenvalue weighted by atomic mass is 16.5. The molecule has 1 unspecified atom stereocenters. The van der Waals surface area contributed by atoms with Crippen molar-refractivity contribution in [2.75, 3.05) is 27.9 Å². The molecule has 10 heavy (non-hydrogen) atoms. The highest BCUT2D eigenvalue weighted by Gasteiger charge is 2.14. The van der Waals surface area contributed by atoms with Crippen LogP contribution in [0.2, 0.25) is 0 Å². The van der Waals surface area contributed by atoms with E-state index < -0.39 is 6.10 Å². The van der Waals surface area contributed by atoms with E-state index in [-0.39, 0.29) is 12.5 Å². The summed E-state index contributed by atoms with van der Waals surface area (Å²) in [4.78, 5) is 10.8. The minimum absolute atomic E-state index is 0.163. The maximum atomic E-state index is 10.8. The summed E-state index contributed by atoms with van der Waals surface area (Å²) >= 11 is 0. The molecule has 0 aliphatic rings. The Bertz CT molecular complexity index is 105. The number of rotatable bonds is 4. The van der Waals surface area contributed by atoms with Crippen molar-refractivity contribution in [1.82, 2.24) is 5.32 Å². The van der Waals surface area contributed by atoms with Crippen LogP contribution in [-0.4, -0.2) is 39.9 Å². The van der Waals surface area contributed by atoms with Gasteiger partial charge >= 0.3 is 0 Å². The van der Waals surface area contributed by atoms with Gasteiger partial charge in [-0.25, -0.2) is 0 Å². The third kappa shape index (κ3) is 2.80. The molecule has 0 aliphatic carbocycles. The van der Waals surface area contributed by atoms with E-state index in [1.807, 2.05) is 0 Å². The van der Waals surface area contributed by atoms with Crippen LogP contribution in [0.25, 0.3) is 0 Å². The van der Waals surface area contributed by atoms with Crippen LogP contribution in [0.1, 0.15) is 0 Å². The maximum absolute atomic E-state index is 10.8. The molecule has 1 amide bonds. The van der Waals surface area contributed by atoms with Gasteiger partial charge in [-0.3, -0.25) is 4.79 Å². The molecular weight excluding hydrogens is 134 g/mol. The van der Waals surface area contributed by atoms with Gasteiger partial charge in [0.1, 0.15) is 0 Å². The second-order valence-electron chi connectivity index (χ2n) is 1.79. The summed E-state index contributed by atoms with van der Waals surface area (Å²) in [6, 6.07) is 0. The number of ether oxygens (including phenoxy) is 2. The number of hydrogen-bond donors (Lipinski definition) is 1. The molecule has 0 rings (SSSR count). The predicted molar refractivity (Wildman–Crippen MR) is 36.7 cm³/mol. The van der Waals surface area contributed by atoms with Gasteiger partial charge in [0.2, 0.25) is 0 Å². The van der Waals surface area contributed by atoms with Gasteiger partial charge in [-0.1, -0.05) is 0 Å². The molecule has 4 nitrogen and oxygen atoms in total. The summed E-state index contributed by atoms with van der Waals surface area (Å²) in [5, 5.41) is 2.46.